The zero-order valence-corrected chi connectivity index (χ0v) is 16.8. The molecule has 2 rings (SSSR count). The maximum absolute atomic E-state index is 12.7. The normalized spacial score (nSPS) is 10.9. The number of nitro groups is 1. The molecule has 0 saturated heterocycles. The first-order valence-electron chi connectivity index (χ1n) is 7.95. The van der Waals surface area contributed by atoms with Crippen molar-refractivity contribution in [1.29, 1.82) is 0 Å². The molecule has 2 aromatic rings. The molecule has 156 valence electrons. The van der Waals surface area contributed by atoms with Gasteiger partial charge in [-0.15, -0.1) is 0 Å². The topological polar surface area (TPSA) is 151 Å². The molecule has 29 heavy (non-hydrogen) atoms. The molecule has 0 N–H and O–H groups in total. The van der Waals surface area contributed by atoms with Crippen LogP contribution in [0.1, 0.15) is 5.69 Å². The van der Waals surface area contributed by atoms with E-state index in [4.69, 9.17) is 14.2 Å². The second kappa shape index (κ2) is 8.68. The molecule has 0 aliphatic carbocycles. The Morgan fingerprint density at radius 3 is 2.41 bits per heavy atom. The molecular weight excluding hydrogens is 408 g/mol. The third-order valence-corrected chi connectivity index (χ3v) is 4.56. The van der Waals surface area contributed by atoms with Crippen LogP contribution in [0.15, 0.2) is 24.3 Å². The summed E-state index contributed by atoms with van der Waals surface area (Å²) in [6, 6.07) is 5.35. The molecule has 0 radical (unpaired) electrons. The summed E-state index contributed by atoms with van der Waals surface area (Å²) in [6.45, 7) is 0.740. The molecule has 0 atom stereocenters. The molecule has 0 saturated carbocycles. The Bertz CT molecular complexity index is 1040. The Balaban J connectivity index is 2.37. The van der Waals surface area contributed by atoms with E-state index in [1.54, 1.807) is 6.92 Å². The Hall–Kier alpha value is -3.48. The van der Waals surface area contributed by atoms with Crippen molar-refractivity contribution in [2.24, 2.45) is 0 Å². The van der Waals surface area contributed by atoms with E-state index in [0.29, 0.717) is 10.00 Å². The smallest absolute Gasteiger partial charge is 0.406 e. The lowest BCUT2D eigenvalue weighted by molar-refractivity contribution is -0.390. The van der Waals surface area contributed by atoms with E-state index in [2.05, 4.69) is 9.97 Å². The minimum Gasteiger partial charge on any atom is -0.481 e. The van der Waals surface area contributed by atoms with E-state index < -0.39 is 33.3 Å². The van der Waals surface area contributed by atoms with Crippen LogP contribution in [-0.2, 0) is 14.8 Å². The number of carbonyl (C=O) groups is 1. The fraction of sp³-hybridized carbons (Fsp3) is 0.312. The van der Waals surface area contributed by atoms with Crippen molar-refractivity contribution in [3.05, 3.63) is 40.1 Å². The highest BCUT2D eigenvalue weighted by Crippen LogP contribution is 2.31. The first kappa shape index (κ1) is 21.8. The van der Waals surface area contributed by atoms with Crippen molar-refractivity contribution in [1.82, 2.24) is 9.97 Å². The predicted molar refractivity (Wildman–Crippen MR) is 101 cm³/mol. The van der Waals surface area contributed by atoms with Crippen molar-refractivity contribution in [2.75, 3.05) is 31.4 Å². The van der Waals surface area contributed by atoms with Gasteiger partial charge in [0.05, 0.1) is 20.5 Å². The fourth-order valence-corrected chi connectivity index (χ4v) is 3.22. The highest BCUT2D eigenvalue weighted by atomic mass is 32.2. The second-order valence-corrected chi connectivity index (χ2v) is 7.45. The van der Waals surface area contributed by atoms with Crippen LogP contribution in [0.2, 0.25) is 0 Å². The number of rotatable bonds is 8. The molecule has 0 bridgehead atoms. The number of ether oxygens (including phenoxy) is 3. The number of hydrogen-bond acceptors (Lipinski definition) is 10. The number of sulfonamides is 1. The lowest BCUT2D eigenvalue weighted by Gasteiger charge is -2.22. The summed E-state index contributed by atoms with van der Waals surface area (Å²) in [6.07, 6.45) is 0.810. The number of nitrogens with zero attached hydrogens (tertiary/aromatic N) is 4. The number of amides is 1. The molecule has 0 aromatic carbocycles. The van der Waals surface area contributed by atoms with Crippen molar-refractivity contribution < 1.29 is 32.3 Å². The molecule has 0 aliphatic heterocycles. The number of pyridine rings is 2. The average molecular weight is 426 g/mol. The molecule has 2 heterocycles. The molecule has 12 nitrogen and oxygen atoms in total. The van der Waals surface area contributed by atoms with E-state index in [9.17, 15) is 23.3 Å². The van der Waals surface area contributed by atoms with E-state index in [-0.39, 0.29) is 23.2 Å². The van der Waals surface area contributed by atoms with E-state index in [1.165, 1.54) is 38.5 Å². The van der Waals surface area contributed by atoms with E-state index in [0.717, 1.165) is 6.26 Å². The number of carbonyl (C=O) groups excluding carboxylic acids is 1. The van der Waals surface area contributed by atoms with Crippen molar-refractivity contribution >= 4 is 27.4 Å². The third kappa shape index (κ3) is 5.07. The van der Waals surface area contributed by atoms with Gasteiger partial charge in [0.1, 0.15) is 11.4 Å². The van der Waals surface area contributed by atoms with Gasteiger partial charge in [0.25, 0.3) is 5.91 Å². The summed E-state index contributed by atoms with van der Waals surface area (Å²) >= 11 is 0. The molecule has 1 amide bonds. The highest BCUT2D eigenvalue weighted by molar-refractivity contribution is 7.92. The summed E-state index contributed by atoms with van der Waals surface area (Å²) in [4.78, 5) is 30.7. The first-order chi connectivity index (χ1) is 13.6. The van der Waals surface area contributed by atoms with Crippen LogP contribution in [-0.4, -0.2) is 56.3 Å². The van der Waals surface area contributed by atoms with Gasteiger partial charge in [0, 0.05) is 13.0 Å². The number of aromatic nitrogens is 2. The Kier molecular flexibility index (Phi) is 6.53. The zero-order chi connectivity index (χ0) is 21.8. The van der Waals surface area contributed by atoms with Gasteiger partial charge in [-0.3, -0.25) is 4.79 Å². The molecule has 0 spiro atoms. The minimum absolute atomic E-state index is 0.143. The maximum Gasteiger partial charge on any atom is 0.406 e. The lowest BCUT2D eigenvalue weighted by atomic mass is 10.3. The molecule has 0 aliphatic rings. The average Bonchev–Trinajstić information content (AvgIpc) is 2.66. The SMILES string of the molecule is COc1ccc(N(C(=O)COc2ccc(C)nc2[N+](=O)[O-])S(C)(=O)=O)c(OC)n1. The van der Waals surface area contributed by atoms with Crippen molar-refractivity contribution in [2.45, 2.75) is 6.92 Å². The summed E-state index contributed by atoms with van der Waals surface area (Å²) in [5.74, 6) is -1.92. The van der Waals surface area contributed by atoms with Crippen molar-refractivity contribution in [3.63, 3.8) is 0 Å². The van der Waals surface area contributed by atoms with Gasteiger partial charge in [0.15, 0.2) is 6.61 Å². The molecule has 0 unspecified atom stereocenters. The third-order valence-electron chi connectivity index (χ3n) is 3.50. The van der Waals surface area contributed by atoms with Crippen LogP contribution in [0.4, 0.5) is 11.5 Å². The lowest BCUT2D eigenvalue weighted by Crippen LogP contribution is -2.39. The molecular formula is C16H18N4O8S. The number of hydrogen-bond donors (Lipinski definition) is 0. The van der Waals surface area contributed by atoms with Crippen LogP contribution in [0.3, 0.4) is 0 Å². The number of methoxy groups -OCH3 is 2. The predicted octanol–water partition coefficient (Wildman–Crippen LogP) is 1.08. The van der Waals surface area contributed by atoms with E-state index >= 15 is 0 Å². The fourth-order valence-electron chi connectivity index (χ4n) is 2.30. The summed E-state index contributed by atoms with van der Waals surface area (Å²) < 4.78 is 40.1. The molecule has 13 heteroatoms. The Morgan fingerprint density at radius 2 is 1.86 bits per heavy atom. The summed E-state index contributed by atoms with van der Waals surface area (Å²) in [5.41, 5.74) is 0.211. The van der Waals surface area contributed by atoms with Gasteiger partial charge in [0.2, 0.25) is 27.5 Å². The number of anilines is 1. The standard InChI is InChI=1S/C16H18N4O8S/c1-10-5-7-12(15(17-10)20(22)23)28-9-14(21)19(29(4,24)25)11-6-8-13(26-2)18-16(11)27-3/h5-8H,9H2,1-4H3. The molecule has 2 aromatic heterocycles. The van der Waals surface area contributed by atoms with Gasteiger partial charge in [-0.05, 0) is 28.1 Å². The zero-order valence-electron chi connectivity index (χ0n) is 16.0. The summed E-state index contributed by atoms with van der Waals surface area (Å²) in [5, 5.41) is 11.1. The Morgan fingerprint density at radius 1 is 1.17 bits per heavy atom. The van der Waals surface area contributed by atoms with Gasteiger partial charge in [-0.2, -0.15) is 9.29 Å². The minimum atomic E-state index is -4.11. The monoisotopic (exact) mass is 426 g/mol. The van der Waals surface area contributed by atoms with Crippen LogP contribution in [0.5, 0.6) is 17.5 Å². The number of aryl methyl sites for hydroxylation is 1. The van der Waals surface area contributed by atoms with Crippen LogP contribution >= 0.6 is 0 Å². The van der Waals surface area contributed by atoms with Gasteiger partial charge in [-0.25, -0.2) is 8.42 Å². The maximum atomic E-state index is 12.7. The van der Waals surface area contributed by atoms with E-state index in [1.807, 2.05) is 0 Å². The Labute approximate surface area is 166 Å². The first-order valence-corrected chi connectivity index (χ1v) is 9.80. The largest absolute Gasteiger partial charge is 0.481 e. The highest BCUT2D eigenvalue weighted by Gasteiger charge is 2.30. The second-order valence-electron chi connectivity index (χ2n) is 5.62. The molecule has 0 fully saturated rings. The van der Waals surface area contributed by atoms with Crippen LogP contribution in [0.25, 0.3) is 0 Å². The van der Waals surface area contributed by atoms with Gasteiger partial charge < -0.3 is 24.3 Å². The van der Waals surface area contributed by atoms with Crippen molar-refractivity contribution in [3.8, 4) is 17.5 Å². The van der Waals surface area contributed by atoms with Gasteiger partial charge in [-0.1, -0.05) is 0 Å². The quantitative estimate of drug-likeness (QED) is 0.443. The van der Waals surface area contributed by atoms with Crippen LogP contribution in [0, 0.1) is 17.0 Å². The summed E-state index contributed by atoms with van der Waals surface area (Å²) in [7, 11) is -1.51. The van der Waals surface area contributed by atoms with Crippen LogP contribution < -0.4 is 18.5 Å². The van der Waals surface area contributed by atoms with Gasteiger partial charge >= 0.3 is 5.82 Å².